The molecule has 0 heterocycles. The second-order valence-corrected chi connectivity index (χ2v) is 3.26. The van der Waals surface area contributed by atoms with E-state index in [4.69, 9.17) is 0 Å². The molecule has 0 spiro atoms. The lowest BCUT2D eigenvalue weighted by molar-refractivity contribution is -0.120. The average Bonchev–Trinajstić information content (AvgIpc) is 2.28. The van der Waals surface area contributed by atoms with Gasteiger partial charge in [0.1, 0.15) is 0 Å². The molecule has 84 valence electrons. The van der Waals surface area contributed by atoms with Crippen molar-refractivity contribution in [2.75, 3.05) is 7.05 Å². The molecule has 0 saturated carbocycles. The highest BCUT2D eigenvalue weighted by molar-refractivity contribution is 5.75. The summed E-state index contributed by atoms with van der Waals surface area (Å²) in [7, 11) is 1.66. The Morgan fingerprint density at radius 1 is 1.40 bits per heavy atom. The fourth-order valence-corrected chi connectivity index (χ4v) is 1.14. The molecule has 0 aliphatic rings. The van der Waals surface area contributed by atoms with Crippen LogP contribution in [0.3, 0.4) is 0 Å². The normalized spacial score (nSPS) is 11.7. The lowest BCUT2D eigenvalue weighted by Gasteiger charge is -1.95. The molecule has 0 fully saturated rings. The lowest BCUT2D eigenvalue weighted by Crippen LogP contribution is -2.16. The fraction of sp³-hybridized carbons (Fsp3) is 0.462. The Labute approximate surface area is 92.8 Å². The molecule has 1 amide bonds. The van der Waals surface area contributed by atoms with Gasteiger partial charge in [0.2, 0.25) is 5.91 Å². The zero-order chi connectivity index (χ0) is 11.5. The van der Waals surface area contributed by atoms with Crippen LogP contribution >= 0.6 is 0 Å². The van der Waals surface area contributed by atoms with Crippen LogP contribution in [-0.4, -0.2) is 13.0 Å². The number of carbonyl (C=O) groups excluding carboxylic acids is 1. The molecule has 15 heavy (non-hydrogen) atoms. The summed E-state index contributed by atoms with van der Waals surface area (Å²) in [6.45, 7) is 5.85. The van der Waals surface area contributed by atoms with Crippen molar-refractivity contribution in [3.05, 3.63) is 36.5 Å². The van der Waals surface area contributed by atoms with Crippen LogP contribution in [0.15, 0.2) is 36.5 Å². The monoisotopic (exact) mass is 207 g/mol. The minimum absolute atomic E-state index is 0.0931. The molecule has 1 N–H and O–H groups in total. The van der Waals surface area contributed by atoms with E-state index in [0.29, 0.717) is 6.42 Å². The highest BCUT2D eigenvalue weighted by atomic mass is 16.1. The minimum Gasteiger partial charge on any atom is -0.359 e. The van der Waals surface area contributed by atoms with Gasteiger partial charge in [-0.15, -0.1) is 0 Å². The molecule has 0 radical (unpaired) electrons. The maximum Gasteiger partial charge on any atom is 0.220 e. The largest absolute Gasteiger partial charge is 0.359 e. The van der Waals surface area contributed by atoms with Crippen molar-refractivity contribution >= 4 is 5.91 Å². The molecule has 2 heteroatoms. The standard InChI is InChI=1S/C13H21NO/c1-4-12(5-2)10-8-6-7-9-11-13(15)14-3/h4,6-7,10H,1,5,8-9,11H2,2-3H3,(H,14,15). The van der Waals surface area contributed by atoms with Crippen LogP contribution in [0.5, 0.6) is 0 Å². The number of carbonyl (C=O) groups is 1. The minimum atomic E-state index is 0.0931. The van der Waals surface area contributed by atoms with E-state index in [1.165, 1.54) is 5.57 Å². The first-order valence-electron chi connectivity index (χ1n) is 5.41. The second kappa shape index (κ2) is 9.25. The van der Waals surface area contributed by atoms with E-state index in [2.05, 4.69) is 31.0 Å². The predicted octanol–water partition coefficient (Wildman–Crippen LogP) is 2.98. The Morgan fingerprint density at radius 3 is 2.67 bits per heavy atom. The van der Waals surface area contributed by atoms with Crippen LogP contribution in [0.25, 0.3) is 0 Å². The molecule has 2 nitrogen and oxygen atoms in total. The molecule has 0 atom stereocenters. The number of hydrogen-bond acceptors (Lipinski definition) is 1. The summed E-state index contributed by atoms with van der Waals surface area (Å²) in [5.41, 5.74) is 1.27. The summed E-state index contributed by atoms with van der Waals surface area (Å²) in [5, 5.41) is 2.59. The highest BCUT2D eigenvalue weighted by Crippen LogP contribution is 2.03. The first kappa shape index (κ1) is 13.7. The van der Waals surface area contributed by atoms with Crippen LogP contribution in [0.4, 0.5) is 0 Å². The lowest BCUT2D eigenvalue weighted by atomic mass is 10.1. The van der Waals surface area contributed by atoms with E-state index >= 15 is 0 Å². The summed E-state index contributed by atoms with van der Waals surface area (Å²) in [4.78, 5) is 10.9. The van der Waals surface area contributed by atoms with E-state index in [-0.39, 0.29) is 5.91 Å². The number of hydrogen-bond donors (Lipinski definition) is 1. The van der Waals surface area contributed by atoms with Crippen molar-refractivity contribution in [3.8, 4) is 0 Å². The van der Waals surface area contributed by atoms with E-state index in [9.17, 15) is 4.79 Å². The van der Waals surface area contributed by atoms with Gasteiger partial charge in [-0.2, -0.15) is 0 Å². The Bertz CT molecular complexity index is 251. The first-order valence-corrected chi connectivity index (χ1v) is 5.41. The Kier molecular flexibility index (Phi) is 8.44. The third kappa shape index (κ3) is 7.74. The van der Waals surface area contributed by atoms with Gasteiger partial charge in [-0.25, -0.2) is 0 Å². The number of rotatable bonds is 7. The molecule has 0 aliphatic carbocycles. The van der Waals surface area contributed by atoms with Gasteiger partial charge in [0.25, 0.3) is 0 Å². The van der Waals surface area contributed by atoms with Crippen molar-refractivity contribution in [2.24, 2.45) is 0 Å². The van der Waals surface area contributed by atoms with Gasteiger partial charge < -0.3 is 5.32 Å². The summed E-state index contributed by atoms with van der Waals surface area (Å²) in [6.07, 6.45) is 11.5. The number of allylic oxidation sites excluding steroid dienone is 5. The van der Waals surface area contributed by atoms with Crippen LogP contribution < -0.4 is 5.32 Å². The Balaban J connectivity index is 3.67. The Hall–Kier alpha value is -1.31. The zero-order valence-corrected chi connectivity index (χ0v) is 9.75. The molecule has 0 bridgehead atoms. The van der Waals surface area contributed by atoms with Gasteiger partial charge in [0.15, 0.2) is 0 Å². The first-order chi connectivity index (χ1) is 7.24. The highest BCUT2D eigenvalue weighted by Gasteiger charge is 1.92. The van der Waals surface area contributed by atoms with Crippen molar-refractivity contribution in [3.63, 3.8) is 0 Å². The van der Waals surface area contributed by atoms with Gasteiger partial charge in [-0.1, -0.05) is 43.4 Å². The third-order valence-corrected chi connectivity index (χ3v) is 2.17. The molecular formula is C13H21NO. The number of amides is 1. The van der Waals surface area contributed by atoms with Gasteiger partial charge in [-0.3, -0.25) is 4.79 Å². The summed E-state index contributed by atoms with van der Waals surface area (Å²) in [6, 6.07) is 0. The van der Waals surface area contributed by atoms with Gasteiger partial charge >= 0.3 is 0 Å². The molecule has 0 aromatic heterocycles. The van der Waals surface area contributed by atoms with Gasteiger partial charge in [0, 0.05) is 13.5 Å². The summed E-state index contributed by atoms with van der Waals surface area (Å²) in [5.74, 6) is 0.0931. The van der Waals surface area contributed by atoms with Crippen molar-refractivity contribution < 1.29 is 4.79 Å². The SMILES string of the molecule is C=CC(=CCC=CCCC(=O)NC)CC. The quantitative estimate of drug-likeness (QED) is 0.504. The molecule has 0 aliphatic heterocycles. The van der Waals surface area contributed by atoms with Crippen molar-refractivity contribution in [1.29, 1.82) is 0 Å². The van der Waals surface area contributed by atoms with Crippen LogP contribution in [0, 0.1) is 0 Å². The number of nitrogens with one attached hydrogen (secondary N) is 1. The van der Waals surface area contributed by atoms with E-state index in [0.717, 1.165) is 19.3 Å². The summed E-state index contributed by atoms with van der Waals surface area (Å²) < 4.78 is 0. The molecule has 0 unspecified atom stereocenters. The predicted molar refractivity (Wildman–Crippen MR) is 65.6 cm³/mol. The van der Waals surface area contributed by atoms with Crippen molar-refractivity contribution in [2.45, 2.75) is 32.6 Å². The van der Waals surface area contributed by atoms with E-state index in [1.807, 2.05) is 12.2 Å². The average molecular weight is 207 g/mol. The topological polar surface area (TPSA) is 29.1 Å². The Morgan fingerprint density at radius 2 is 2.13 bits per heavy atom. The van der Waals surface area contributed by atoms with E-state index in [1.54, 1.807) is 7.05 Å². The zero-order valence-electron chi connectivity index (χ0n) is 9.75. The fourth-order valence-electron chi connectivity index (χ4n) is 1.14. The van der Waals surface area contributed by atoms with E-state index < -0.39 is 0 Å². The van der Waals surface area contributed by atoms with Crippen LogP contribution in [0.1, 0.15) is 32.6 Å². The third-order valence-electron chi connectivity index (χ3n) is 2.17. The van der Waals surface area contributed by atoms with Crippen LogP contribution in [-0.2, 0) is 4.79 Å². The van der Waals surface area contributed by atoms with Gasteiger partial charge in [0.05, 0.1) is 0 Å². The van der Waals surface area contributed by atoms with Crippen molar-refractivity contribution in [1.82, 2.24) is 5.32 Å². The second-order valence-electron chi connectivity index (χ2n) is 3.26. The molecule has 0 aromatic rings. The van der Waals surface area contributed by atoms with Gasteiger partial charge in [-0.05, 0) is 19.3 Å². The summed E-state index contributed by atoms with van der Waals surface area (Å²) >= 11 is 0. The maximum atomic E-state index is 10.9. The molecule has 0 aromatic carbocycles. The molecule has 0 rings (SSSR count). The molecule has 0 saturated heterocycles. The van der Waals surface area contributed by atoms with Crippen LogP contribution in [0.2, 0.25) is 0 Å². The maximum absolute atomic E-state index is 10.9. The smallest absolute Gasteiger partial charge is 0.220 e. The molecular weight excluding hydrogens is 186 g/mol.